The Kier molecular flexibility index (Phi) is 6.53. The average Bonchev–Trinajstić information content (AvgIpc) is 2.71. The number of rotatable bonds is 7. The highest BCUT2D eigenvalue weighted by Gasteiger charge is 2.43. The molecule has 1 N–H and O–H groups in total. The van der Waals surface area contributed by atoms with Gasteiger partial charge in [-0.05, 0) is 35.7 Å². The van der Waals surface area contributed by atoms with E-state index in [9.17, 15) is 9.59 Å². The smallest absolute Gasteiger partial charge is 0.254 e. The summed E-state index contributed by atoms with van der Waals surface area (Å²) in [6, 6.07) is 14.4. The number of hydrogen-bond donors (Lipinski definition) is 1. The molecule has 1 aliphatic heterocycles. The topological polar surface area (TPSA) is 49.4 Å². The van der Waals surface area contributed by atoms with Crippen LogP contribution in [-0.2, 0) is 4.79 Å². The molecule has 28 heavy (non-hydrogen) atoms. The zero-order valence-corrected chi connectivity index (χ0v) is 16.8. The van der Waals surface area contributed by atoms with Crippen LogP contribution in [0.4, 0.5) is 0 Å². The predicted molar refractivity (Wildman–Crippen MR) is 113 cm³/mol. The normalized spacial score (nSPS) is 18.5. The van der Waals surface area contributed by atoms with Gasteiger partial charge >= 0.3 is 0 Å². The Morgan fingerprint density at radius 1 is 1.25 bits per heavy atom. The molecule has 0 saturated heterocycles. The number of unbranched alkanes of at least 4 members (excludes halogenated alkanes) is 1. The maximum absolute atomic E-state index is 13.3. The molecule has 0 unspecified atom stereocenters. The molecule has 0 fully saturated rings. The van der Waals surface area contributed by atoms with E-state index >= 15 is 0 Å². The maximum Gasteiger partial charge on any atom is 0.254 e. The molecule has 3 rings (SSSR count). The number of hydrogen-bond acceptors (Lipinski definition) is 2. The van der Waals surface area contributed by atoms with Gasteiger partial charge in [-0.3, -0.25) is 9.59 Å². The van der Waals surface area contributed by atoms with E-state index < -0.39 is 12.0 Å². The van der Waals surface area contributed by atoms with Gasteiger partial charge in [0.05, 0.1) is 12.0 Å². The Balaban J connectivity index is 2.16. The molecule has 2 aromatic rings. The number of nitrogens with zero attached hydrogens (tertiary/aromatic N) is 1. The summed E-state index contributed by atoms with van der Waals surface area (Å²) in [6.45, 7) is 6.74. The molecule has 0 bridgehead atoms. The third kappa shape index (κ3) is 3.97. The fourth-order valence-electron chi connectivity index (χ4n) is 3.79. The zero-order chi connectivity index (χ0) is 20.1. The Bertz CT molecular complexity index is 880. The maximum atomic E-state index is 13.3. The monoisotopic (exact) mass is 396 g/mol. The minimum atomic E-state index is -0.510. The fourth-order valence-corrected chi connectivity index (χ4v) is 3.99. The Morgan fingerprint density at radius 2 is 2.04 bits per heavy atom. The summed E-state index contributed by atoms with van der Waals surface area (Å²) in [5, 5.41) is 3.51. The van der Waals surface area contributed by atoms with Crippen molar-refractivity contribution < 1.29 is 9.59 Å². The molecule has 0 radical (unpaired) electrons. The number of carbonyl (C=O) groups excluding carboxylic acids is 2. The van der Waals surface area contributed by atoms with Crippen LogP contribution in [0, 0.1) is 0 Å². The van der Waals surface area contributed by atoms with Gasteiger partial charge in [0.15, 0.2) is 0 Å². The van der Waals surface area contributed by atoms with Crippen molar-refractivity contribution >= 4 is 23.4 Å². The number of carbonyl (C=O) groups is 2. The highest BCUT2D eigenvalue weighted by atomic mass is 35.5. The second-order valence-corrected chi connectivity index (χ2v) is 7.39. The minimum Gasteiger partial charge on any atom is -0.352 e. The quantitative estimate of drug-likeness (QED) is 0.688. The molecule has 0 aromatic heterocycles. The van der Waals surface area contributed by atoms with Crippen molar-refractivity contribution in [3.8, 4) is 0 Å². The first-order chi connectivity index (χ1) is 13.6. The van der Waals surface area contributed by atoms with Crippen molar-refractivity contribution in [3.05, 3.63) is 82.9 Å². The molecule has 4 nitrogen and oxygen atoms in total. The van der Waals surface area contributed by atoms with E-state index in [1.165, 1.54) is 0 Å². The summed E-state index contributed by atoms with van der Waals surface area (Å²) >= 11 is 6.25. The lowest BCUT2D eigenvalue weighted by Crippen LogP contribution is -2.47. The second-order valence-electron chi connectivity index (χ2n) is 6.95. The molecule has 2 aromatic carbocycles. The summed E-state index contributed by atoms with van der Waals surface area (Å²) < 4.78 is 0. The van der Waals surface area contributed by atoms with Crippen molar-refractivity contribution in [2.45, 2.75) is 31.7 Å². The van der Waals surface area contributed by atoms with E-state index in [0.29, 0.717) is 23.7 Å². The van der Waals surface area contributed by atoms with E-state index in [2.05, 4.69) is 18.8 Å². The van der Waals surface area contributed by atoms with Crippen molar-refractivity contribution in [2.24, 2.45) is 0 Å². The van der Waals surface area contributed by atoms with Crippen LogP contribution in [0.1, 0.15) is 53.2 Å². The molecule has 5 heteroatoms. The van der Waals surface area contributed by atoms with E-state index in [4.69, 9.17) is 11.6 Å². The SMILES string of the molecule is C=CCNC(=O)[C@@H]1c2ccccc2C(=O)N(CCCC)[C@@H]1c1cccc(Cl)c1. The van der Waals surface area contributed by atoms with Gasteiger partial charge in [-0.15, -0.1) is 6.58 Å². The van der Waals surface area contributed by atoms with Crippen LogP contribution in [0.3, 0.4) is 0 Å². The van der Waals surface area contributed by atoms with Crippen molar-refractivity contribution in [1.82, 2.24) is 10.2 Å². The minimum absolute atomic E-state index is 0.0400. The first kappa shape index (κ1) is 20.2. The van der Waals surface area contributed by atoms with Gasteiger partial charge in [-0.1, -0.05) is 61.4 Å². The number of fused-ring (bicyclic) bond motifs is 1. The van der Waals surface area contributed by atoms with Gasteiger partial charge in [0.1, 0.15) is 0 Å². The van der Waals surface area contributed by atoms with Crippen LogP contribution in [0.15, 0.2) is 61.2 Å². The average molecular weight is 397 g/mol. The third-order valence-corrected chi connectivity index (χ3v) is 5.32. The van der Waals surface area contributed by atoms with Gasteiger partial charge in [0, 0.05) is 23.7 Å². The van der Waals surface area contributed by atoms with Gasteiger partial charge < -0.3 is 10.2 Å². The van der Waals surface area contributed by atoms with Gasteiger partial charge in [-0.2, -0.15) is 0 Å². The predicted octanol–water partition coefficient (Wildman–Crippen LogP) is 4.72. The summed E-state index contributed by atoms with van der Waals surface area (Å²) in [5.74, 6) is -0.669. The summed E-state index contributed by atoms with van der Waals surface area (Å²) in [5.41, 5.74) is 2.22. The second kappa shape index (κ2) is 9.07. The van der Waals surface area contributed by atoms with Gasteiger partial charge in [0.2, 0.25) is 5.91 Å². The van der Waals surface area contributed by atoms with Crippen LogP contribution in [0.25, 0.3) is 0 Å². The lowest BCUT2D eigenvalue weighted by molar-refractivity contribution is -0.124. The van der Waals surface area contributed by atoms with Crippen molar-refractivity contribution in [3.63, 3.8) is 0 Å². The van der Waals surface area contributed by atoms with E-state index in [-0.39, 0.29) is 11.8 Å². The summed E-state index contributed by atoms with van der Waals surface area (Å²) in [6.07, 6.45) is 3.48. The summed E-state index contributed by atoms with van der Waals surface area (Å²) in [4.78, 5) is 28.3. The molecule has 0 saturated carbocycles. The lowest BCUT2D eigenvalue weighted by Gasteiger charge is -2.42. The third-order valence-electron chi connectivity index (χ3n) is 5.08. The van der Waals surface area contributed by atoms with E-state index in [0.717, 1.165) is 24.0 Å². The number of halogens is 1. The molecule has 1 aliphatic rings. The molecule has 1 heterocycles. The molecular weight excluding hydrogens is 372 g/mol. The Hall–Kier alpha value is -2.59. The fraction of sp³-hybridized carbons (Fsp3) is 0.304. The van der Waals surface area contributed by atoms with Crippen LogP contribution in [0.2, 0.25) is 5.02 Å². The molecule has 2 amide bonds. The highest BCUT2D eigenvalue weighted by Crippen LogP contribution is 2.43. The van der Waals surface area contributed by atoms with Gasteiger partial charge in [0.25, 0.3) is 5.91 Å². The van der Waals surface area contributed by atoms with Crippen molar-refractivity contribution in [1.29, 1.82) is 0 Å². The van der Waals surface area contributed by atoms with Crippen molar-refractivity contribution in [2.75, 3.05) is 13.1 Å². The molecule has 2 atom stereocenters. The van der Waals surface area contributed by atoms with E-state index in [1.807, 2.05) is 41.3 Å². The molecule has 0 aliphatic carbocycles. The number of benzene rings is 2. The first-order valence-corrected chi connectivity index (χ1v) is 10.00. The zero-order valence-electron chi connectivity index (χ0n) is 16.0. The summed E-state index contributed by atoms with van der Waals surface area (Å²) in [7, 11) is 0. The molecule has 0 spiro atoms. The Labute approximate surface area is 171 Å². The van der Waals surface area contributed by atoms with Crippen LogP contribution >= 0.6 is 11.6 Å². The highest BCUT2D eigenvalue weighted by molar-refractivity contribution is 6.30. The molecular formula is C23H25ClN2O2. The van der Waals surface area contributed by atoms with E-state index in [1.54, 1.807) is 18.2 Å². The van der Waals surface area contributed by atoms with Crippen LogP contribution in [0.5, 0.6) is 0 Å². The standard InChI is InChI=1S/C23H25ClN2O2/c1-3-5-14-26-21(16-9-8-10-17(24)15-16)20(22(27)25-13-4-2)18-11-6-7-12-19(18)23(26)28/h4,6-12,15,20-21H,2-3,5,13-14H2,1H3,(H,25,27)/t20-,21-/m1/s1. The number of nitrogens with one attached hydrogen (secondary N) is 1. The molecule has 146 valence electrons. The lowest BCUT2D eigenvalue weighted by atomic mass is 9.79. The Morgan fingerprint density at radius 3 is 2.75 bits per heavy atom. The van der Waals surface area contributed by atoms with Gasteiger partial charge in [-0.25, -0.2) is 0 Å². The van der Waals surface area contributed by atoms with Crippen LogP contribution < -0.4 is 5.32 Å². The first-order valence-electron chi connectivity index (χ1n) is 9.62. The van der Waals surface area contributed by atoms with Crippen LogP contribution in [-0.4, -0.2) is 29.8 Å². The number of amides is 2. The largest absolute Gasteiger partial charge is 0.352 e.